The summed E-state index contributed by atoms with van der Waals surface area (Å²) in [7, 11) is 4.75. The van der Waals surface area contributed by atoms with Gasteiger partial charge in [0.2, 0.25) is 11.6 Å². The van der Waals surface area contributed by atoms with E-state index in [0.29, 0.717) is 17.2 Å². The quantitative estimate of drug-likeness (QED) is 0.485. The van der Waals surface area contributed by atoms with Crippen molar-refractivity contribution in [2.45, 2.75) is 0 Å². The number of para-hydroxylation sites is 1. The fourth-order valence-electron chi connectivity index (χ4n) is 2.69. The summed E-state index contributed by atoms with van der Waals surface area (Å²) in [6.45, 7) is 0. The van der Waals surface area contributed by atoms with E-state index in [4.69, 9.17) is 9.47 Å². The average molecular weight is 381 g/mol. The molecular formula is C19H19N5O4. The summed E-state index contributed by atoms with van der Waals surface area (Å²) in [5.41, 5.74) is 0.991. The maximum Gasteiger partial charge on any atom is 0.354 e. The van der Waals surface area contributed by atoms with Crippen LogP contribution in [0.15, 0.2) is 54.9 Å². The van der Waals surface area contributed by atoms with E-state index in [1.165, 1.54) is 20.5 Å². The van der Waals surface area contributed by atoms with Crippen molar-refractivity contribution in [2.75, 3.05) is 31.5 Å². The first-order chi connectivity index (χ1) is 13.5. The largest absolute Gasteiger partial charge is 0.497 e. The minimum absolute atomic E-state index is 0.0457. The molecule has 144 valence electrons. The molecule has 0 aliphatic rings. The van der Waals surface area contributed by atoms with Gasteiger partial charge in [-0.05, 0) is 24.3 Å². The number of anilines is 4. The first kappa shape index (κ1) is 18.9. The van der Waals surface area contributed by atoms with E-state index in [2.05, 4.69) is 15.3 Å². The number of nitrogens with one attached hydrogen (secondary N) is 1. The van der Waals surface area contributed by atoms with E-state index in [-0.39, 0.29) is 17.3 Å². The molecule has 0 saturated carbocycles. The molecule has 0 spiro atoms. The normalized spacial score (nSPS) is 10.2. The number of methoxy groups -OCH3 is 2. The van der Waals surface area contributed by atoms with Gasteiger partial charge in [0.1, 0.15) is 17.8 Å². The second-order valence-electron chi connectivity index (χ2n) is 5.74. The molecule has 0 saturated heterocycles. The lowest BCUT2D eigenvalue weighted by Crippen LogP contribution is -2.15. The minimum Gasteiger partial charge on any atom is -0.497 e. The van der Waals surface area contributed by atoms with Crippen LogP contribution in [-0.2, 0) is 0 Å². The number of hydrogen-bond acceptors (Lipinski definition) is 8. The van der Waals surface area contributed by atoms with Crippen LogP contribution in [-0.4, -0.2) is 36.2 Å². The highest BCUT2D eigenvalue weighted by atomic mass is 16.6. The van der Waals surface area contributed by atoms with Gasteiger partial charge in [-0.3, -0.25) is 10.1 Å². The lowest BCUT2D eigenvalue weighted by atomic mass is 10.2. The zero-order valence-electron chi connectivity index (χ0n) is 15.6. The summed E-state index contributed by atoms with van der Waals surface area (Å²) in [5, 5.41) is 14.8. The Morgan fingerprint density at radius 2 is 1.82 bits per heavy atom. The predicted octanol–water partition coefficient (Wildman–Crippen LogP) is 3.91. The van der Waals surface area contributed by atoms with Crippen LogP contribution < -0.4 is 19.7 Å². The number of benzene rings is 2. The van der Waals surface area contributed by atoms with Crippen LogP contribution in [0.5, 0.6) is 11.5 Å². The van der Waals surface area contributed by atoms with Crippen molar-refractivity contribution in [1.29, 1.82) is 0 Å². The molecule has 0 bridgehead atoms. The van der Waals surface area contributed by atoms with Crippen molar-refractivity contribution in [1.82, 2.24) is 9.97 Å². The summed E-state index contributed by atoms with van der Waals surface area (Å²) < 4.78 is 10.5. The van der Waals surface area contributed by atoms with Gasteiger partial charge in [0, 0.05) is 18.8 Å². The van der Waals surface area contributed by atoms with Crippen LogP contribution >= 0.6 is 0 Å². The van der Waals surface area contributed by atoms with E-state index in [0.717, 1.165) is 5.69 Å². The summed E-state index contributed by atoms with van der Waals surface area (Å²) in [6.07, 6.45) is 1.27. The second kappa shape index (κ2) is 8.21. The standard InChI is InChI=1S/C19H19N5O4/c1-23(13-7-5-4-6-8-13)19-17(24(25)26)18(20-12-21-19)22-15-11-14(27-2)9-10-16(15)28-3/h4-12H,1-3H3,(H,20,21,22). The van der Waals surface area contributed by atoms with Crippen molar-refractivity contribution >= 4 is 28.7 Å². The van der Waals surface area contributed by atoms with Crippen LogP contribution in [0.4, 0.5) is 28.7 Å². The molecule has 0 aliphatic carbocycles. The van der Waals surface area contributed by atoms with Gasteiger partial charge in [0.15, 0.2) is 0 Å². The van der Waals surface area contributed by atoms with Gasteiger partial charge in [-0.2, -0.15) is 0 Å². The summed E-state index contributed by atoms with van der Waals surface area (Å²) in [6, 6.07) is 14.3. The Morgan fingerprint density at radius 3 is 2.46 bits per heavy atom. The Hall–Kier alpha value is -3.88. The molecule has 0 atom stereocenters. The molecule has 0 aliphatic heterocycles. The van der Waals surface area contributed by atoms with Gasteiger partial charge in [0.05, 0.1) is 24.8 Å². The summed E-state index contributed by atoms with van der Waals surface area (Å²) in [5.74, 6) is 1.27. The summed E-state index contributed by atoms with van der Waals surface area (Å²) in [4.78, 5) is 21.2. The third-order valence-corrected chi connectivity index (χ3v) is 4.11. The van der Waals surface area contributed by atoms with Crippen LogP contribution in [0.3, 0.4) is 0 Å². The molecule has 0 radical (unpaired) electrons. The highest BCUT2D eigenvalue weighted by molar-refractivity contribution is 5.79. The molecule has 1 heterocycles. The Balaban J connectivity index is 2.07. The van der Waals surface area contributed by atoms with E-state index < -0.39 is 4.92 Å². The number of nitro groups is 1. The van der Waals surface area contributed by atoms with Gasteiger partial charge in [-0.15, -0.1) is 0 Å². The SMILES string of the molecule is COc1ccc(OC)c(Nc2ncnc(N(C)c3ccccc3)c2[N+](=O)[O-])c1. The fourth-order valence-corrected chi connectivity index (χ4v) is 2.69. The van der Waals surface area contributed by atoms with Crippen molar-refractivity contribution in [3.63, 3.8) is 0 Å². The maximum atomic E-state index is 11.8. The molecule has 0 unspecified atom stereocenters. The Bertz CT molecular complexity index is 981. The van der Waals surface area contributed by atoms with Crippen molar-refractivity contribution in [3.05, 3.63) is 65.0 Å². The Labute approximate surface area is 161 Å². The van der Waals surface area contributed by atoms with E-state index in [1.807, 2.05) is 30.3 Å². The number of ether oxygens (including phenoxy) is 2. The average Bonchev–Trinajstić information content (AvgIpc) is 2.73. The number of rotatable bonds is 7. The highest BCUT2D eigenvalue weighted by Crippen LogP contribution is 2.38. The maximum absolute atomic E-state index is 11.8. The smallest absolute Gasteiger partial charge is 0.354 e. The third kappa shape index (κ3) is 3.78. The summed E-state index contributed by atoms with van der Waals surface area (Å²) >= 11 is 0. The topological polar surface area (TPSA) is 103 Å². The first-order valence-electron chi connectivity index (χ1n) is 8.32. The van der Waals surface area contributed by atoms with Crippen molar-refractivity contribution in [3.8, 4) is 11.5 Å². The lowest BCUT2D eigenvalue weighted by molar-refractivity contribution is -0.383. The first-order valence-corrected chi connectivity index (χ1v) is 8.32. The molecule has 9 heteroatoms. The van der Waals surface area contributed by atoms with Gasteiger partial charge < -0.3 is 19.7 Å². The van der Waals surface area contributed by atoms with Crippen LogP contribution in [0.2, 0.25) is 0 Å². The van der Waals surface area contributed by atoms with Gasteiger partial charge >= 0.3 is 5.69 Å². The molecule has 3 aromatic rings. The molecule has 28 heavy (non-hydrogen) atoms. The molecule has 9 nitrogen and oxygen atoms in total. The third-order valence-electron chi connectivity index (χ3n) is 4.11. The number of hydrogen-bond donors (Lipinski definition) is 1. The zero-order chi connectivity index (χ0) is 20.1. The van der Waals surface area contributed by atoms with Gasteiger partial charge in [-0.25, -0.2) is 9.97 Å². The second-order valence-corrected chi connectivity index (χ2v) is 5.74. The van der Waals surface area contributed by atoms with Gasteiger partial charge in [0.25, 0.3) is 0 Å². The van der Waals surface area contributed by atoms with E-state index in [1.54, 1.807) is 30.1 Å². The Kier molecular flexibility index (Phi) is 5.54. The minimum atomic E-state index is -0.510. The fraction of sp³-hybridized carbons (Fsp3) is 0.158. The molecule has 1 N–H and O–H groups in total. The molecule has 0 fully saturated rings. The van der Waals surface area contributed by atoms with E-state index in [9.17, 15) is 10.1 Å². The monoisotopic (exact) mass is 381 g/mol. The van der Waals surface area contributed by atoms with Crippen LogP contribution in [0.1, 0.15) is 0 Å². The van der Waals surface area contributed by atoms with Crippen LogP contribution in [0, 0.1) is 10.1 Å². The van der Waals surface area contributed by atoms with Crippen molar-refractivity contribution < 1.29 is 14.4 Å². The Morgan fingerprint density at radius 1 is 1.07 bits per heavy atom. The number of nitrogens with zero attached hydrogens (tertiary/aromatic N) is 4. The van der Waals surface area contributed by atoms with Crippen LogP contribution in [0.25, 0.3) is 0 Å². The predicted molar refractivity (Wildman–Crippen MR) is 106 cm³/mol. The van der Waals surface area contributed by atoms with Gasteiger partial charge in [-0.1, -0.05) is 18.2 Å². The lowest BCUT2D eigenvalue weighted by Gasteiger charge is -2.19. The molecule has 0 amide bonds. The number of aromatic nitrogens is 2. The molecule has 2 aromatic carbocycles. The molecule has 1 aromatic heterocycles. The van der Waals surface area contributed by atoms with Crippen molar-refractivity contribution in [2.24, 2.45) is 0 Å². The van der Waals surface area contributed by atoms with E-state index >= 15 is 0 Å². The molecule has 3 rings (SSSR count). The zero-order valence-corrected chi connectivity index (χ0v) is 15.6. The molecular weight excluding hydrogens is 362 g/mol. The highest BCUT2D eigenvalue weighted by Gasteiger charge is 2.27.